The van der Waals surface area contributed by atoms with Gasteiger partial charge in [0.15, 0.2) is 0 Å². The molecule has 4 rings (SSSR count). The van der Waals surface area contributed by atoms with Crippen LogP contribution in [0, 0.1) is 11.8 Å². The average Bonchev–Trinajstić information content (AvgIpc) is 3.22. The lowest BCUT2D eigenvalue weighted by Crippen LogP contribution is -2.34. The van der Waals surface area contributed by atoms with Gasteiger partial charge in [0.1, 0.15) is 22.9 Å². The summed E-state index contributed by atoms with van der Waals surface area (Å²) in [5.41, 5.74) is 0.381. The standard InChI is InChI=1S/C28H41NO3/c1-4-21(2)29(19-24-13-5-6-14-26(24)31-3)20-25-15-16-27(32-25)28(30,17-22-9-7-10-22)18-23-11-8-12-23/h5-6,13-16,21-23,30H,4,7-12,17-20H2,1-3H3. The predicted octanol–water partition coefficient (Wildman–Crippen LogP) is 6.66. The monoisotopic (exact) mass is 439 g/mol. The van der Waals surface area contributed by atoms with Crippen molar-refractivity contribution < 1.29 is 14.3 Å². The maximum Gasteiger partial charge on any atom is 0.135 e. The second kappa shape index (κ2) is 10.4. The van der Waals surface area contributed by atoms with Crippen LogP contribution in [0.15, 0.2) is 40.8 Å². The third-order valence-corrected chi connectivity index (χ3v) is 7.96. The molecule has 2 aromatic rings. The molecule has 0 saturated heterocycles. The van der Waals surface area contributed by atoms with Crippen LogP contribution in [0.3, 0.4) is 0 Å². The van der Waals surface area contributed by atoms with E-state index >= 15 is 0 Å². The highest BCUT2D eigenvalue weighted by Gasteiger charge is 2.40. The van der Waals surface area contributed by atoms with Gasteiger partial charge in [0.05, 0.1) is 13.7 Å². The van der Waals surface area contributed by atoms with Gasteiger partial charge in [0.2, 0.25) is 0 Å². The lowest BCUT2D eigenvalue weighted by atomic mass is 9.70. The molecule has 4 nitrogen and oxygen atoms in total. The summed E-state index contributed by atoms with van der Waals surface area (Å²) in [6, 6.07) is 12.8. The van der Waals surface area contributed by atoms with E-state index in [4.69, 9.17) is 9.15 Å². The van der Waals surface area contributed by atoms with E-state index in [0.29, 0.717) is 17.9 Å². The van der Waals surface area contributed by atoms with Crippen molar-refractivity contribution in [2.45, 2.75) is 96.4 Å². The summed E-state index contributed by atoms with van der Waals surface area (Å²) in [5.74, 6) is 3.95. The van der Waals surface area contributed by atoms with Crippen LogP contribution < -0.4 is 4.74 Å². The second-order valence-electron chi connectivity index (χ2n) is 10.3. The van der Waals surface area contributed by atoms with Crippen LogP contribution in [0.5, 0.6) is 5.75 Å². The molecule has 2 saturated carbocycles. The summed E-state index contributed by atoms with van der Waals surface area (Å²) in [6.07, 6.45) is 10.4. The molecule has 0 radical (unpaired) electrons. The van der Waals surface area contributed by atoms with Crippen LogP contribution in [-0.2, 0) is 18.7 Å². The van der Waals surface area contributed by atoms with Gasteiger partial charge in [0.25, 0.3) is 0 Å². The van der Waals surface area contributed by atoms with Crippen molar-refractivity contribution in [1.82, 2.24) is 4.90 Å². The van der Waals surface area contributed by atoms with E-state index in [9.17, 15) is 5.11 Å². The Kier molecular flexibility index (Phi) is 7.63. The van der Waals surface area contributed by atoms with Gasteiger partial charge in [-0.3, -0.25) is 4.90 Å². The van der Waals surface area contributed by atoms with Crippen LogP contribution in [-0.4, -0.2) is 23.2 Å². The van der Waals surface area contributed by atoms with E-state index in [1.54, 1.807) is 7.11 Å². The van der Waals surface area contributed by atoms with Crippen molar-refractivity contribution in [2.24, 2.45) is 11.8 Å². The Morgan fingerprint density at radius 2 is 1.69 bits per heavy atom. The number of aliphatic hydroxyl groups is 1. The quantitative estimate of drug-likeness (QED) is 0.402. The van der Waals surface area contributed by atoms with Crippen molar-refractivity contribution in [2.75, 3.05) is 7.11 Å². The van der Waals surface area contributed by atoms with Crippen molar-refractivity contribution in [3.8, 4) is 5.75 Å². The number of ether oxygens (including phenoxy) is 1. The van der Waals surface area contributed by atoms with Gasteiger partial charge in [0, 0.05) is 18.2 Å². The van der Waals surface area contributed by atoms with E-state index in [1.165, 1.54) is 44.1 Å². The molecule has 32 heavy (non-hydrogen) atoms. The zero-order valence-corrected chi connectivity index (χ0v) is 20.2. The highest BCUT2D eigenvalue weighted by molar-refractivity contribution is 5.33. The smallest absolute Gasteiger partial charge is 0.135 e. The largest absolute Gasteiger partial charge is 0.496 e. The summed E-state index contributed by atoms with van der Waals surface area (Å²) in [5, 5.41) is 11.7. The molecule has 2 aliphatic carbocycles. The van der Waals surface area contributed by atoms with Crippen LogP contribution in [0.2, 0.25) is 0 Å². The summed E-state index contributed by atoms with van der Waals surface area (Å²) in [4.78, 5) is 2.44. The first-order valence-electron chi connectivity index (χ1n) is 12.7. The number of hydrogen-bond acceptors (Lipinski definition) is 4. The predicted molar refractivity (Wildman–Crippen MR) is 129 cm³/mol. The number of methoxy groups -OCH3 is 1. The van der Waals surface area contributed by atoms with E-state index in [0.717, 1.165) is 49.6 Å². The van der Waals surface area contributed by atoms with Gasteiger partial charge in [-0.2, -0.15) is 0 Å². The first-order chi connectivity index (χ1) is 15.5. The van der Waals surface area contributed by atoms with Crippen molar-refractivity contribution >= 4 is 0 Å². The zero-order valence-electron chi connectivity index (χ0n) is 20.2. The van der Waals surface area contributed by atoms with Gasteiger partial charge >= 0.3 is 0 Å². The number of para-hydroxylation sites is 1. The lowest BCUT2D eigenvalue weighted by Gasteiger charge is -2.39. The van der Waals surface area contributed by atoms with E-state index < -0.39 is 5.60 Å². The topological polar surface area (TPSA) is 45.8 Å². The summed E-state index contributed by atoms with van der Waals surface area (Å²) >= 11 is 0. The average molecular weight is 440 g/mol. The fraction of sp³-hybridized carbons (Fsp3) is 0.643. The molecule has 0 bridgehead atoms. The van der Waals surface area contributed by atoms with E-state index in [2.05, 4.69) is 36.9 Å². The van der Waals surface area contributed by atoms with E-state index in [1.807, 2.05) is 18.2 Å². The molecule has 1 N–H and O–H groups in total. The molecule has 1 unspecified atom stereocenters. The number of hydrogen-bond donors (Lipinski definition) is 1. The van der Waals surface area contributed by atoms with Crippen molar-refractivity contribution in [1.29, 1.82) is 0 Å². The normalized spacial score (nSPS) is 18.4. The first-order valence-corrected chi connectivity index (χ1v) is 12.7. The van der Waals surface area contributed by atoms with Crippen LogP contribution in [0.25, 0.3) is 0 Å². The van der Waals surface area contributed by atoms with Gasteiger partial charge < -0.3 is 14.3 Å². The fourth-order valence-electron chi connectivity index (χ4n) is 5.22. The third-order valence-electron chi connectivity index (χ3n) is 7.96. The maximum absolute atomic E-state index is 11.7. The Labute approximate surface area is 194 Å². The molecule has 1 heterocycles. The Morgan fingerprint density at radius 1 is 1.03 bits per heavy atom. The Hall–Kier alpha value is -1.78. The molecule has 0 aliphatic heterocycles. The molecule has 1 aromatic heterocycles. The van der Waals surface area contributed by atoms with Gasteiger partial charge in [-0.1, -0.05) is 63.6 Å². The zero-order chi connectivity index (χ0) is 22.6. The highest BCUT2D eigenvalue weighted by atomic mass is 16.5. The van der Waals surface area contributed by atoms with Crippen molar-refractivity contribution in [3.05, 3.63) is 53.5 Å². The van der Waals surface area contributed by atoms with Crippen molar-refractivity contribution in [3.63, 3.8) is 0 Å². The lowest BCUT2D eigenvalue weighted by molar-refractivity contribution is -0.0495. The molecule has 4 heteroatoms. The fourth-order valence-corrected chi connectivity index (χ4v) is 5.22. The summed E-state index contributed by atoms with van der Waals surface area (Å²) in [6.45, 7) is 6.03. The molecular formula is C28H41NO3. The molecular weight excluding hydrogens is 398 g/mol. The first kappa shape index (κ1) is 23.4. The minimum atomic E-state index is -0.807. The molecule has 176 valence electrons. The van der Waals surface area contributed by atoms with Gasteiger partial charge in [-0.25, -0.2) is 0 Å². The minimum absolute atomic E-state index is 0.414. The summed E-state index contributed by atoms with van der Waals surface area (Å²) < 4.78 is 12.0. The Morgan fingerprint density at radius 3 is 2.25 bits per heavy atom. The minimum Gasteiger partial charge on any atom is -0.496 e. The number of nitrogens with zero attached hydrogens (tertiary/aromatic N) is 1. The van der Waals surface area contributed by atoms with E-state index in [-0.39, 0.29) is 0 Å². The Bertz CT molecular complexity index is 836. The molecule has 1 aromatic carbocycles. The number of furan rings is 1. The molecule has 2 fully saturated rings. The van der Waals surface area contributed by atoms with Crippen LogP contribution in [0.1, 0.15) is 88.7 Å². The summed E-state index contributed by atoms with van der Waals surface area (Å²) in [7, 11) is 1.73. The van der Waals surface area contributed by atoms with Crippen LogP contribution in [0.4, 0.5) is 0 Å². The number of benzene rings is 1. The molecule has 2 aliphatic rings. The number of rotatable bonds is 12. The highest BCUT2D eigenvalue weighted by Crippen LogP contribution is 2.45. The third kappa shape index (κ3) is 5.40. The molecule has 1 atom stereocenters. The van der Waals surface area contributed by atoms with Gasteiger partial charge in [-0.05, 0) is 56.2 Å². The molecule has 0 spiro atoms. The van der Waals surface area contributed by atoms with Crippen LogP contribution >= 0.6 is 0 Å². The molecule has 0 amide bonds. The second-order valence-corrected chi connectivity index (χ2v) is 10.3. The SMILES string of the molecule is CCC(C)N(Cc1ccc(C(O)(CC2CCC2)CC2CCC2)o1)Cc1ccccc1OC. The Balaban J connectivity index is 1.50. The van der Waals surface area contributed by atoms with Gasteiger partial charge in [-0.15, -0.1) is 0 Å². The maximum atomic E-state index is 11.7.